The van der Waals surface area contributed by atoms with Crippen LogP contribution in [0.25, 0.3) is 0 Å². The highest BCUT2D eigenvalue weighted by molar-refractivity contribution is 5.43. The predicted octanol–water partition coefficient (Wildman–Crippen LogP) is 4.46. The zero-order chi connectivity index (χ0) is 13.7. The number of hydrogen-bond donors (Lipinski definition) is 0. The Kier molecular flexibility index (Phi) is 5.52. The van der Waals surface area contributed by atoms with Gasteiger partial charge in [0.25, 0.3) is 0 Å². The molecule has 0 amide bonds. The average Bonchev–Trinajstić information content (AvgIpc) is 2.19. The molecule has 1 rings (SSSR count). The van der Waals surface area contributed by atoms with Crippen molar-refractivity contribution < 1.29 is 9.47 Å². The lowest BCUT2D eigenvalue weighted by Gasteiger charge is -2.18. The lowest BCUT2D eigenvalue weighted by Crippen LogP contribution is -2.11. The molecule has 0 unspecified atom stereocenters. The van der Waals surface area contributed by atoms with E-state index in [1.54, 1.807) is 0 Å². The molecule has 0 aliphatic heterocycles. The van der Waals surface area contributed by atoms with Crippen LogP contribution in [0.2, 0.25) is 0 Å². The highest BCUT2D eigenvalue weighted by atomic mass is 16.5. The molecule has 0 heterocycles. The third-order valence-electron chi connectivity index (χ3n) is 2.38. The van der Waals surface area contributed by atoms with Gasteiger partial charge in [0, 0.05) is 0 Å². The van der Waals surface area contributed by atoms with Gasteiger partial charge in [-0.05, 0) is 57.7 Å². The maximum Gasteiger partial charge on any atom is 0.161 e. The molecule has 0 atom stereocenters. The van der Waals surface area contributed by atoms with Crippen LogP contribution in [0.4, 0.5) is 0 Å². The minimum absolute atomic E-state index is 0.161. The molecule has 0 aliphatic carbocycles. The molecule has 18 heavy (non-hydrogen) atoms. The summed E-state index contributed by atoms with van der Waals surface area (Å²) >= 11 is 0. The number of rotatable bonds is 6. The zero-order valence-corrected chi connectivity index (χ0v) is 12.5. The van der Waals surface area contributed by atoms with E-state index in [4.69, 9.17) is 9.47 Å². The van der Waals surface area contributed by atoms with Gasteiger partial charge in [-0.2, -0.15) is 0 Å². The molecule has 2 nitrogen and oxygen atoms in total. The van der Waals surface area contributed by atoms with Crippen LogP contribution in [-0.4, -0.2) is 12.2 Å². The van der Waals surface area contributed by atoms with Crippen LogP contribution in [0.3, 0.4) is 0 Å². The number of ether oxygens (including phenoxy) is 2. The highest BCUT2D eigenvalue weighted by Crippen LogP contribution is 2.31. The standard InChI is InChI=1S/C16H26O2/c1-11(2)9-14-7-8-15(17-12(3)4)16(10-14)18-13(5)6/h7-8,10-13H,9H2,1-6H3. The summed E-state index contributed by atoms with van der Waals surface area (Å²) in [6, 6.07) is 6.26. The molecule has 0 spiro atoms. The minimum Gasteiger partial charge on any atom is -0.487 e. The fourth-order valence-corrected chi connectivity index (χ4v) is 1.85. The smallest absolute Gasteiger partial charge is 0.161 e. The summed E-state index contributed by atoms with van der Waals surface area (Å²) in [6.45, 7) is 12.6. The van der Waals surface area contributed by atoms with Crippen molar-refractivity contribution in [2.75, 3.05) is 0 Å². The van der Waals surface area contributed by atoms with Crippen molar-refractivity contribution in [1.29, 1.82) is 0 Å². The van der Waals surface area contributed by atoms with Gasteiger partial charge in [-0.25, -0.2) is 0 Å². The summed E-state index contributed by atoms with van der Waals surface area (Å²) in [6.07, 6.45) is 1.39. The van der Waals surface area contributed by atoms with Gasteiger partial charge in [-0.15, -0.1) is 0 Å². The Morgan fingerprint density at radius 3 is 1.89 bits per heavy atom. The van der Waals surface area contributed by atoms with E-state index < -0.39 is 0 Å². The lowest BCUT2D eigenvalue weighted by molar-refractivity contribution is 0.198. The van der Waals surface area contributed by atoms with Gasteiger partial charge in [0.1, 0.15) is 0 Å². The Balaban J connectivity index is 2.96. The Hall–Kier alpha value is -1.18. The van der Waals surface area contributed by atoms with Gasteiger partial charge in [0.05, 0.1) is 12.2 Å². The van der Waals surface area contributed by atoms with Crippen molar-refractivity contribution in [3.05, 3.63) is 23.8 Å². The maximum atomic E-state index is 5.84. The fraction of sp³-hybridized carbons (Fsp3) is 0.625. The maximum absolute atomic E-state index is 5.84. The average molecular weight is 250 g/mol. The Bertz CT molecular complexity index is 367. The molecule has 0 saturated carbocycles. The first-order chi connectivity index (χ1) is 8.38. The van der Waals surface area contributed by atoms with E-state index in [1.165, 1.54) is 5.56 Å². The molecule has 1 aromatic carbocycles. The van der Waals surface area contributed by atoms with Crippen LogP contribution >= 0.6 is 0 Å². The molecule has 0 fully saturated rings. The van der Waals surface area contributed by atoms with Crippen molar-refractivity contribution in [2.45, 2.75) is 60.2 Å². The summed E-state index contributed by atoms with van der Waals surface area (Å²) in [5.74, 6) is 2.34. The second kappa shape index (κ2) is 6.67. The molecule has 0 bridgehead atoms. The fourth-order valence-electron chi connectivity index (χ4n) is 1.85. The van der Waals surface area contributed by atoms with E-state index in [9.17, 15) is 0 Å². The van der Waals surface area contributed by atoms with E-state index in [0.717, 1.165) is 17.9 Å². The van der Waals surface area contributed by atoms with Crippen LogP contribution < -0.4 is 9.47 Å². The topological polar surface area (TPSA) is 18.5 Å². The van der Waals surface area contributed by atoms with Crippen molar-refractivity contribution in [2.24, 2.45) is 5.92 Å². The van der Waals surface area contributed by atoms with Crippen LogP contribution in [0, 0.1) is 5.92 Å². The third kappa shape index (κ3) is 4.99. The highest BCUT2D eigenvalue weighted by Gasteiger charge is 2.10. The number of benzene rings is 1. The Labute approximate surface area is 111 Å². The SMILES string of the molecule is CC(C)Cc1ccc(OC(C)C)c(OC(C)C)c1. The molecular formula is C16H26O2. The van der Waals surface area contributed by atoms with E-state index in [2.05, 4.69) is 26.0 Å². The Morgan fingerprint density at radius 2 is 1.39 bits per heavy atom. The lowest BCUT2D eigenvalue weighted by atomic mass is 10.0. The van der Waals surface area contributed by atoms with Gasteiger partial charge in [0.15, 0.2) is 11.5 Å². The predicted molar refractivity (Wildman–Crippen MR) is 76.5 cm³/mol. The van der Waals surface area contributed by atoms with Gasteiger partial charge in [-0.1, -0.05) is 19.9 Å². The molecule has 0 saturated heterocycles. The van der Waals surface area contributed by atoms with Gasteiger partial charge >= 0.3 is 0 Å². The van der Waals surface area contributed by atoms with Gasteiger partial charge in [-0.3, -0.25) is 0 Å². The molecule has 102 valence electrons. The second-order valence-electron chi connectivity index (χ2n) is 5.71. The first-order valence-corrected chi connectivity index (χ1v) is 6.84. The summed E-state index contributed by atoms with van der Waals surface area (Å²) in [7, 11) is 0. The summed E-state index contributed by atoms with van der Waals surface area (Å²) < 4.78 is 11.6. The second-order valence-corrected chi connectivity index (χ2v) is 5.71. The van der Waals surface area contributed by atoms with Crippen molar-refractivity contribution in [1.82, 2.24) is 0 Å². The monoisotopic (exact) mass is 250 g/mol. The molecular weight excluding hydrogens is 224 g/mol. The van der Waals surface area contributed by atoms with Gasteiger partial charge < -0.3 is 9.47 Å². The molecule has 0 aliphatic rings. The normalized spacial score (nSPS) is 11.4. The molecule has 0 radical (unpaired) electrons. The van der Waals surface area contributed by atoms with Crippen LogP contribution in [0.15, 0.2) is 18.2 Å². The van der Waals surface area contributed by atoms with Crippen LogP contribution in [0.1, 0.15) is 47.1 Å². The summed E-state index contributed by atoms with van der Waals surface area (Å²) in [4.78, 5) is 0. The van der Waals surface area contributed by atoms with Crippen molar-refractivity contribution >= 4 is 0 Å². The summed E-state index contributed by atoms with van der Waals surface area (Å²) in [5.41, 5.74) is 1.30. The van der Waals surface area contributed by atoms with Crippen LogP contribution in [0.5, 0.6) is 11.5 Å². The van der Waals surface area contributed by atoms with Crippen molar-refractivity contribution in [3.63, 3.8) is 0 Å². The van der Waals surface area contributed by atoms with E-state index in [0.29, 0.717) is 5.92 Å². The van der Waals surface area contributed by atoms with Crippen LogP contribution in [-0.2, 0) is 6.42 Å². The largest absolute Gasteiger partial charge is 0.487 e. The summed E-state index contributed by atoms with van der Waals surface area (Å²) in [5, 5.41) is 0. The van der Waals surface area contributed by atoms with Crippen molar-refractivity contribution in [3.8, 4) is 11.5 Å². The van der Waals surface area contributed by atoms with E-state index >= 15 is 0 Å². The molecule has 2 heteroatoms. The quantitative estimate of drug-likeness (QED) is 0.742. The van der Waals surface area contributed by atoms with Gasteiger partial charge in [0.2, 0.25) is 0 Å². The minimum atomic E-state index is 0.161. The third-order valence-corrected chi connectivity index (χ3v) is 2.38. The first-order valence-electron chi connectivity index (χ1n) is 6.84. The number of hydrogen-bond acceptors (Lipinski definition) is 2. The molecule has 0 N–H and O–H groups in total. The molecule has 0 aromatic heterocycles. The van der Waals surface area contributed by atoms with E-state index in [1.807, 2.05) is 33.8 Å². The molecule has 1 aromatic rings. The Morgan fingerprint density at radius 1 is 0.833 bits per heavy atom. The zero-order valence-electron chi connectivity index (χ0n) is 12.5. The first kappa shape index (κ1) is 14.9. The van der Waals surface area contributed by atoms with E-state index in [-0.39, 0.29) is 12.2 Å².